The Morgan fingerprint density at radius 1 is 1.03 bits per heavy atom. The highest BCUT2D eigenvalue weighted by molar-refractivity contribution is 6.08. The van der Waals surface area contributed by atoms with E-state index in [1.54, 1.807) is 6.07 Å². The number of halogens is 3. The number of furan rings is 1. The summed E-state index contributed by atoms with van der Waals surface area (Å²) in [6.07, 6.45) is 1.25. The maximum Gasteiger partial charge on any atom is 0.433 e. The third-order valence-electron chi connectivity index (χ3n) is 6.75. The minimum Gasteiger partial charge on any atom is -0.463 e. The smallest absolute Gasteiger partial charge is 0.433 e. The minimum atomic E-state index is -4.73. The van der Waals surface area contributed by atoms with E-state index in [4.69, 9.17) is 4.42 Å². The highest BCUT2D eigenvalue weighted by Crippen LogP contribution is 2.33. The normalized spacial score (nSPS) is 14.9. The Labute approximate surface area is 214 Å². The van der Waals surface area contributed by atoms with Crippen molar-refractivity contribution >= 4 is 28.5 Å². The zero-order valence-corrected chi connectivity index (χ0v) is 20.3. The molecule has 0 spiro atoms. The van der Waals surface area contributed by atoms with Crippen LogP contribution in [0.4, 0.5) is 19.1 Å². The first-order valence-electron chi connectivity index (χ1n) is 12.4. The summed E-state index contributed by atoms with van der Waals surface area (Å²) in [7, 11) is 0. The van der Waals surface area contributed by atoms with Crippen LogP contribution in [0.15, 0.2) is 59.3 Å². The maximum absolute atomic E-state index is 13.9. The number of alkyl halides is 3. The number of benzene rings is 1. The second kappa shape index (κ2) is 9.60. The molecule has 5 aromatic rings. The number of rotatable bonds is 6. The standard InChI is InChI=1S/C26H24F3N7O2/c27-26(28,29)22-15-19(21-9-6-14-38-21)31-23-17(16-30-36(22)23)24(37)33-25-32-18-7-2-3-8-20(18)35(25)13-12-34-10-4-1-5-11-34/h2-3,6-9,14-16H,1,4-5,10-13H2,(H,32,33,37). The van der Waals surface area contributed by atoms with Gasteiger partial charge in [-0.25, -0.2) is 14.5 Å². The van der Waals surface area contributed by atoms with Gasteiger partial charge in [-0.15, -0.1) is 0 Å². The number of carbonyl (C=O) groups excluding carboxylic acids is 1. The molecule has 1 fully saturated rings. The van der Waals surface area contributed by atoms with Gasteiger partial charge in [-0.05, 0) is 56.3 Å². The summed E-state index contributed by atoms with van der Waals surface area (Å²) >= 11 is 0. The lowest BCUT2D eigenvalue weighted by Crippen LogP contribution is -2.32. The third kappa shape index (κ3) is 4.51. The van der Waals surface area contributed by atoms with Crippen LogP contribution in [0.25, 0.3) is 28.1 Å². The summed E-state index contributed by atoms with van der Waals surface area (Å²) in [5.74, 6) is -0.206. The Morgan fingerprint density at radius 3 is 2.61 bits per heavy atom. The monoisotopic (exact) mass is 523 g/mol. The number of likely N-dealkylation sites (tertiary alicyclic amines) is 1. The van der Waals surface area contributed by atoms with Crippen molar-refractivity contribution in [1.29, 1.82) is 0 Å². The van der Waals surface area contributed by atoms with Crippen molar-refractivity contribution in [2.75, 3.05) is 25.0 Å². The van der Waals surface area contributed by atoms with Crippen LogP contribution in [0, 0.1) is 0 Å². The van der Waals surface area contributed by atoms with E-state index < -0.39 is 17.8 Å². The molecule has 4 aromatic heterocycles. The van der Waals surface area contributed by atoms with Crippen molar-refractivity contribution in [1.82, 2.24) is 29.0 Å². The van der Waals surface area contributed by atoms with Crippen molar-refractivity contribution in [2.24, 2.45) is 0 Å². The van der Waals surface area contributed by atoms with Crippen molar-refractivity contribution in [3.8, 4) is 11.5 Å². The predicted octanol–water partition coefficient (Wildman–Crippen LogP) is 5.10. The number of carbonyl (C=O) groups is 1. The Bertz CT molecular complexity index is 1600. The van der Waals surface area contributed by atoms with E-state index in [2.05, 4.69) is 25.3 Å². The average Bonchev–Trinajstić information content (AvgIpc) is 3.65. The predicted molar refractivity (Wildman–Crippen MR) is 134 cm³/mol. The van der Waals surface area contributed by atoms with E-state index in [1.807, 2.05) is 28.8 Å². The van der Waals surface area contributed by atoms with Gasteiger partial charge in [0.05, 0.1) is 23.5 Å². The highest BCUT2D eigenvalue weighted by Gasteiger charge is 2.36. The molecule has 0 radical (unpaired) electrons. The van der Waals surface area contributed by atoms with Crippen LogP contribution < -0.4 is 5.32 Å². The van der Waals surface area contributed by atoms with Crippen LogP contribution in [0.3, 0.4) is 0 Å². The third-order valence-corrected chi connectivity index (χ3v) is 6.75. The van der Waals surface area contributed by atoms with Crippen molar-refractivity contribution in [3.05, 3.63) is 66.2 Å². The molecule has 0 unspecified atom stereocenters. The lowest BCUT2D eigenvalue weighted by molar-refractivity contribution is -0.142. The fraction of sp³-hybridized carbons (Fsp3) is 0.308. The number of nitrogens with zero attached hydrogens (tertiary/aromatic N) is 6. The number of fused-ring (bicyclic) bond motifs is 2. The molecule has 5 heterocycles. The molecule has 1 aromatic carbocycles. The van der Waals surface area contributed by atoms with E-state index in [0.717, 1.165) is 50.3 Å². The number of imidazole rings is 1. The topological polar surface area (TPSA) is 93.5 Å². The molecule has 0 bridgehead atoms. The first kappa shape index (κ1) is 24.2. The van der Waals surface area contributed by atoms with Gasteiger partial charge in [0, 0.05) is 13.1 Å². The fourth-order valence-electron chi connectivity index (χ4n) is 4.87. The van der Waals surface area contributed by atoms with Gasteiger partial charge in [-0.1, -0.05) is 18.6 Å². The second-order valence-electron chi connectivity index (χ2n) is 9.23. The zero-order chi connectivity index (χ0) is 26.3. The van der Waals surface area contributed by atoms with Crippen molar-refractivity contribution < 1.29 is 22.4 Å². The van der Waals surface area contributed by atoms with Gasteiger partial charge in [-0.2, -0.15) is 18.3 Å². The Balaban J connectivity index is 1.36. The molecule has 1 aliphatic heterocycles. The molecule has 1 saturated heterocycles. The molecule has 196 valence electrons. The number of hydrogen-bond acceptors (Lipinski definition) is 6. The molecule has 38 heavy (non-hydrogen) atoms. The summed E-state index contributed by atoms with van der Waals surface area (Å²) in [6, 6.07) is 11.4. The quantitative estimate of drug-likeness (QED) is 0.333. The molecule has 1 N–H and O–H groups in total. The average molecular weight is 524 g/mol. The first-order chi connectivity index (χ1) is 18.4. The lowest BCUT2D eigenvalue weighted by Gasteiger charge is -2.26. The van der Waals surface area contributed by atoms with Gasteiger partial charge in [0.1, 0.15) is 11.3 Å². The first-order valence-corrected chi connectivity index (χ1v) is 12.4. The number of amides is 1. The highest BCUT2D eigenvalue weighted by atomic mass is 19.4. The Kier molecular flexibility index (Phi) is 6.10. The number of piperidine rings is 1. The van der Waals surface area contributed by atoms with Gasteiger partial charge in [0.15, 0.2) is 17.1 Å². The fourth-order valence-corrected chi connectivity index (χ4v) is 4.87. The number of nitrogens with one attached hydrogen (secondary N) is 1. The van der Waals surface area contributed by atoms with Crippen molar-refractivity contribution in [3.63, 3.8) is 0 Å². The van der Waals surface area contributed by atoms with Crippen LogP contribution >= 0.6 is 0 Å². The molecule has 12 heteroatoms. The second-order valence-corrected chi connectivity index (χ2v) is 9.23. The molecule has 0 atom stereocenters. The largest absolute Gasteiger partial charge is 0.463 e. The van der Waals surface area contributed by atoms with Crippen LogP contribution in [-0.2, 0) is 12.7 Å². The lowest BCUT2D eigenvalue weighted by atomic mass is 10.1. The van der Waals surface area contributed by atoms with Crippen LogP contribution in [0.1, 0.15) is 35.3 Å². The van der Waals surface area contributed by atoms with E-state index in [-0.39, 0.29) is 22.7 Å². The van der Waals surface area contributed by atoms with E-state index in [9.17, 15) is 18.0 Å². The van der Waals surface area contributed by atoms with E-state index >= 15 is 0 Å². The van der Waals surface area contributed by atoms with Crippen LogP contribution in [0.2, 0.25) is 0 Å². The van der Waals surface area contributed by atoms with Crippen LogP contribution in [-0.4, -0.2) is 54.6 Å². The van der Waals surface area contributed by atoms with Gasteiger partial charge in [0.25, 0.3) is 5.91 Å². The molecule has 0 aliphatic carbocycles. The Morgan fingerprint density at radius 2 is 1.84 bits per heavy atom. The number of para-hydroxylation sites is 2. The molecular weight excluding hydrogens is 499 g/mol. The van der Waals surface area contributed by atoms with Gasteiger partial charge in [-0.3, -0.25) is 10.1 Å². The molecule has 9 nitrogen and oxygen atoms in total. The maximum atomic E-state index is 13.9. The van der Waals surface area contributed by atoms with Gasteiger partial charge < -0.3 is 13.9 Å². The number of hydrogen-bond donors (Lipinski definition) is 1. The van der Waals surface area contributed by atoms with Gasteiger partial charge >= 0.3 is 6.18 Å². The SMILES string of the molecule is O=C(Nc1nc2ccccc2n1CCN1CCCCC1)c1cnn2c(C(F)(F)F)cc(-c3ccco3)nc12. The van der Waals surface area contributed by atoms with Gasteiger partial charge in [0.2, 0.25) is 5.95 Å². The summed E-state index contributed by atoms with van der Waals surface area (Å²) in [4.78, 5) is 24.7. The molecule has 0 saturated carbocycles. The zero-order valence-electron chi connectivity index (χ0n) is 20.3. The molecular formula is C26H24F3N7O2. The summed E-state index contributed by atoms with van der Waals surface area (Å²) in [5, 5.41) is 6.63. The summed E-state index contributed by atoms with van der Waals surface area (Å²) in [6.45, 7) is 3.46. The van der Waals surface area contributed by atoms with Crippen LogP contribution in [0.5, 0.6) is 0 Å². The number of anilines is 1. The minimum absolute atomic E-state index is 0.0573. The Hall–Kier alpha value is -4.19. The van der Waals surface area contributed by atoms with E-state index in [0.29, 0.717) is 22.5 Å². The molecule has 1 amide bonds. The van der Waals surface area contributed by atoms with E-state index in [1.165, 1.54) is 18.8 Å². The summed E-state index contributed by atoms with van der Waals surface area (Å²) in [5.41, 5.74) is 0.0919. The van der Waals surface area contributed by atoms with Crippen molar-refractivity contribution in [2.45, 2.75) is 32.0 Å². The summed E-state index contributed by atoms with van der Waals surface area (Å²) < 4.78 is 49.4. The molecule has 1 aliphatic rings. The molecule has 6 rings (SSSR count). The number of aromatic nitrogens is 5.